The number of hydrogen-bond acceptors (Lipinski definition) is 2. The predicted octanol–water partition coefficient (Wildman–Crippen LogP) is 3.29. The van der Waals surface area contributed by atoms with Crippen molar-refractivity contribution in [2.75, 3.05) is 0 Å². The molecule has 0 aromatic heterocycles. The fraction of sp³-hybridized carbons (Fsp3) is 0.933. The molecule has 0 aliphatic heterocycles. The van der Waals surface area contributed by atoms with Gasteiger partial charge >= 0.3 is 5.97 Å². The minimum absolute atomic E-state index is 0.145. The van der Waals surface area contributed by atoms with Crippen LogP contribution in [0.3, 0.4) is 0 Å². The van der Waals surface area contributed by atoms with Gasteiger partial charge in [0.15, 0.2) is 0 Å². The molecule has 0 amide bonds. The lowest BCUT2D eigenvalue weighted by Crippen LogP contribution is -2.46. The molecule has 3 atom stereocenters. The molecule has 2 N–H and O–H groups in total. The molecule has 0 heterocycles. The predicted molar refractivity (Wildman–Crippen MR) is 74.6 cm³/mol. The van der Waals surface area contributed by atoms with Gasteiger partial charge in [0.2, 0.25) is 0 Å². The molecular weight excluding hydrogens is 226 g/mol. The number of nitrogens with one attached hydrogen (secondary N) is 1. The summed E-state index contributed by atoms with van der Waals surface area (Å²) in [5, 5.41) is 12.6. The van der Waals surface area contributed by atoms with Gasteiger partial charge in [0, 0.05) is 6.04 Å². The van der Waals surface area contributed by atoms with Crippen LogP contribution in [0.1, 0.15) is 59.8 Å². The van der Waals surface area contributed by atoms with Crippen molar-refractivity contribution in [3.05, 3.63) is 0 Å². The lowest BCUT2D eigenvalue weighted by atomic mass is 9.89. The van der Waals surface area contributed by atoms with E-state index in [0.29, 0.717) is 6.04 Å². The zero-order valence-corrected chi connectivity index (χ0v) is 12.3. The van der Waals surface area contributed by atoms with E-state index >= 15 is 0 Å². The Bertz CT molecular complexity index is 263. The molecule has 1 rings (SSSR count). The van der Waals surface area contributed by atoms with Crippen molar-refractivity contribution in [2.45, 2.75) is 71.9 Å². The Morgan fingerprint density at radius 3 is 2.28 bits per heavy atom. The highest BCUT2D eigenvalue weighted by Crippen LogP contribution is 2.29. The highest BCUT2D eigenvalue weighted by molar-refractivity contribution is 5.73. The summed E-state index contributed by atoms with van der Waals surface area (Å²) < 4.78 is 0. The summed E-state index contributed by atoms with van der Waals surface area (Å²) in [6, 6.07) is -0.0113. The Labute approximate surface area is 111 Å². The van der Waals surface area contributed by atoms with Crippen LogP contribution in [0.4, 0.5) is 0 Å². The average Bonchev–Trinajstić information content (AvgIpc) is 2.50. The summed E-state index contributed by atoms with van der Waals surface area (Å²) in [4.78, 5) is 11.2. The van der Waals surface area contributed by atoms with Gasteiger partial charge in [0.05, 0.1) is 0 Å². The summed E-state index contributed by atoms with van der Waals surface area (Å²) in [5.41, 5.74) is 0. The lowest BCUT2D eigenvalue weighted by molar-refractivity contribution is -0.140. The summed E-state index contributed by atoms with van der Waals surface area (Å²) in [6.07, 6.45) is 6.01. The third kappa shape index (κ3) is 4.60. The molecule has 1 aliphatic rings. The number of carboxylic acids is 1. The third-order valence-electron chi connectivity index (χ3n) is 4.30. The van der Waals surface area contributed by atoms with Gasteiger partial charge in [-0.2, -0.15) is 0 Å². The van der Waals surface area contributed by atoms with Crippen molar-refractivity contribution in [3.63, 3.8) is 0 Å². The van der Waals surface area contributed by atoms with Crippen LogP contribution in [0.5, 0.6) is 0 Å². The Morgan fingerprint density at radius 1 is 1.11 bits per heavy atom. The number of rotatable bonds is 5. The quantitative estimate of drug-likeness (QED) is 0.741. The first-order chi connectivity index (χ1) is 8.41. The molecule has 1 aliphatic carbocycles. The number of aliphatic carboxylic acids is 1. The van der Waals surface area contributed by atoms with Gasteiger partial charge in [-0.05, 0) is 37.0 Å². The highest BCUT2D eigenvalue weighted by atomic mass is 16.4. The van der Waals surface area contributed by atoms with Crippen molar-refractivity contribution >= 4 is 5.97 Å². The first-order valence-corrected chi connectivity index (χ1v) is 7.40. The van der Waals surface area contributed by atoms with Crippen molar-refractivity contribution in [3.8, 4) is 0 Å². The second-order valence-electron chi connectivity index (χ2n) is 6.44. The molecule has 18 heavy (non-hydrogen) atoms. The maximum absolute atomic E-state index is 11.2. The minimum Gasteiger partial charge on any atom is -0.480 e. The van der Waals surface area contributed by atoms with Crippen LogP contribution in [0.2, 0.25) is 0 Å². The molecule has 3 nitrogen and oxygen atoms in total. The van der Waals surface area contributed by atoms with Crippen LogP contribution in [0.15, 0.2) is 0 Å². The van der Waals surface area contributed by atoms with E-state index in [9.17, 15) is 9.90 Å². The SMILES string of the molecule is CC(C)C1CCCC(NC(C(=O)O)C(C)C)CC1. The van der Waals surface area contributed by atoms with Gasteiger partial charge in [-0.15, -0.1) is 0 Å². The third-order valence-corrected chi connectivity index (χ3v) is 4.30. The van der Waals surface area contributed by atoms with E-state index in [-0.39, 0.29) is 5.92 Å². The van der Waals surface area contributed by atoms with Gasteiger partial charge in [-0.1, -0.05) is 40.5 Å². The van der Waals surface area contributed by atoms with E-state index in [0.717, 1.165) is 24.7 Å². The van der Waals surface area contributed by atoms with Crippen LogP contribution < -0.4 is 5.32 Å². The van der Waals surface area contributed by atoms with E-state index in [1.165, 1.54) is 19.3 Å². The fourth-order valence-corrected chi connectivity index (χ4v) is 2.97. The number of carbonyl (C=O) groups is 1. The topological polar surface area (TPSA) is 49.3 Å². The molecule has 3 heteroatoms. The smallest absolute Gasteiger partial charge is 0.320 e. The number of hydrogen-bond donors (Lipinski definition) is 2. The summed E-state index contributed by atoms with van der Waals surface area (Å²) in [5.74, 6) is 1.00. The van der Waals surface area contributed by atoms with Crippen molar-refractivity contribution in [1.82, 2.24) is 5.32 Å². The van der Waals surface area contributed by atoms with E-state index in [1.54, 1.807) is 0 Å². The van der Waals surface area contributed by atoms with Crippen molar-refractivity contribution < 1.29 is 9.90 Å². The first-order valence-electron chi connectivity index (χ1n) is 7.40. The molecule has 0 saturated heterocycles. The largest absolute Gasteiger partial charge is 0.480 e. The lowest BCUT2D eigenvalue weighted by Gasteiger charge is -2.25. The maximum Gasteiger partial charge on any atom is 0.320 e. The molecule has 1 saturated carbocycles. The van der Waals surface area contributed by atoms with E-state index in [4.69, 9.17) is 0 Å². The molecule has 3 unspecified atom stereocenters. The van der Waals surface area contributed by atoms with E-state index in [2.05, 4.69) is 19.2 Å². The van der Waals surface area contributed by atoms with E-state index < -0.39 is 12.0 Å². The van der Waals surface area contributed by atoms with Gasteiger partial charge < -0.3 is 10.4 Å². The zero-order valence-electron chi connectivity index (χ0n) is 12.3. The molecule has 0 spiro atoms. The van der Waals surface area contributed by atoms with Crippen molar-refractivity contribution in [1.29, 1.82) is 0 Å². The highest BCUT2D eigenvalue weighted by Gasteiger charge is 2.27. The fourth-order valence-electron chi connectivity index (χ4n) is 2.97. The second-order valence-corrected chi connectivity index (χ2v) is 6.44. The second kappa shape index (κ2) is 7.13. The van der Waals surface area contributed by atoms with Gasteiger partial charge in [0.25, 0.3) is 0 Å². The minimum atomic E-state index is -0.713. The van der Waals surface area contributed by atoms with Crippen LogP contribution in [-0.2, 0) is 4.79 Å². The van der Waals surface area contributed by atoms with Crippen LogP contribution in [0.25, 0.3) is 0 Å². The normalized spacial score (nSPS) is 27.2. The zero-order chi connectivity index (χ0) is 13.7. The average molecular weight is 255 g/mol. The molecule has 0 radical (unpaired) electrons. The summed E-state index contributed by atoms with van der Waals surface area (Å²) in [7, 11) is 0. The molecule has 106 valence electrons. The molecule has 0 aromatic carbocycles. The van der Waals surface area contributed by atoms with Crippen LogP contribution in [0, 0.1) is 17.8 Å². The van der Waals surface area contributed by atoms with Crippen molar-refractivity contribution in [2.24, 2.45) is 17.8 Å². The summed E-state index contributed by atoms with van der Waals surface area (Å²) in [6.45, 7) is 8.54. The standard InChI is InChI=1S/C15H29NO2/c1-10(2)12-6-5-7-13(9-8-12)16-14(11(3)4)15(17)18/h10-14,16H,5-9H2,1-4H3,(H,17,18). The molecule has 0 aromatic rings. The first kappa shape index (κ1) is 15.5. The van der Waals surface area contributed by atoms with Gasteiger partial charge in [0.1, 0.15) is 6.04 Å². The Balaban J connectivity index is 2.50. The van der Waals surface area contributed by atoms with E-state index in [1.807, 2.05) is 13.8 Å². The Kier molecular flexibility index (Phi) is 6.13. The molecule has 1 fully saturated rings. The molecule has 0 bridgehead atoms. The monoisotopic (exact) mass is 255 g/mol. The van der Waals surface area contributed by atoms with Crippen LogP contribution >= 0.6 is 0 Å². The Morgan fingerprint density at radius 2 is 1.78 bits per heavy atom. The van der Waals surface area contributed by atoms with Gasteiger partial charge in [-0.25, -0.2) is 0 Å². The maximum atomic E-state index is 11.2. The van der Waals surface area contributed by atoms with Crippen LogP contribution in [-0.4, -0.2) is 23.2 Å². The number of carboxylic acid groups (broad SMARTS) is 1. The Hall–Kier alpha value is -0.570. The van der Waals surface area contributed by atoms with Gasteiger partial charge in [-0.3, -0.25) is 4.79 Å². The summed E-state index contributed by atoms with van der Waals surface area (Å²) >= 11 is 0. The molecular formula is C15H29NO2.